The topological polar surface area (TPSA) is 12.0 Å². The molecule has 0 bridgehead atoms. The number of hydrogen-bond acceptors (Lipinski definition) is 1. The lowest BCUT2D eigenvalue weighted by molar-refractivity contribution is 0.427. The third-order valence-corrected chi connectivity index (χ3v) is 4.40. The molecule has 1 N–H and O–H groups in total. The summed E-state index contributed by atoms with van der Waals surface area (Å²) in [6.45, 7) is 2.19. The smallest absolute Gasteiger partial charge is 0.0453 e. The van der Waals surface area contributed by atoms with E-state index < -0.39 is 0 Å². The van der Waals surface area contributed by atoms with Gasteiger partial charge in [-0.2, -0.15) is 0 Å². The minimum absolute atomic E-state index is 0.259. The summed E-state index contributed by atoms with van der Waals surface area (Å²) in [6.07, 6.45) is 2.64. The largest absolute Gasteiger partial charge is 0.303 e. The van der Waals surface area contributed by atoms with E-state index in [-0.39, 0.29) is 6.04 Å². The van der Waals surface area contributed by atoms with Crippen LogP contribution < -0.4 is 5.32 Å². The zero-order valence-corrected chi connectivity index (χ0v) is 12.5. The normalized spacial score (nSPS) is 17.7. The van der Waals surface area contributed by atoms with Crippen LogP contribution in [0.4, 0.5) is 0 Å². The van der Waals surface area contributed by atoms with Gasteiger partial charge in [0.1, 0.15) is 0 Å². The van der Waals surface area contributed by atoms with Crippen molar-refractivity contribution in [3.8, 4) is 0 Å². The van der Waals surface area contributed by atoms with Gasteiger partial charge in [-0.3, -0.25) is 0 Å². The Morgan fingerprint density at radius 2 is 1.65 bits per heavy atom. The van der Waals surface area contributed by atoms with Gasteiger partial charge in [-0.1, -0.05) is 60.1 Å². The first-order valence-corrected chi connectivity index (χ1v) is 7.69. The maximum Gasteiger partial charge on any atom is 0.0453 e. The summed E-state index contributed by atoms with van der Waals surface area (Å²) in [4.78, 5) is 0. The number of nitrogens with one attached hydrogen (secondary N) is 1. The molecule has 0 aliphatic heterocycles. The zero-order valence-electron chi connectivity index (χ0n) is 11.7. The Bertz CT molecular complexity index is 563. The molecular weight excluding hydrogens is 266 g/mol. The molecule has 3 rings (SSSR count). The van der Waals surface area contributed by atoms with E-state index in [1.807, 2.05) is 18.2 Å². The highest BCUT2D eigenvalue weighted by Gasteiger charge is 2.33. The Morgan fingerprint density at radius 3 is 2.30 bits per heavy atom. The average molecular weight is 286 g/mol. The molecule has 0 radical (unpaired) electrons. The SMILES string of the molecule is C[C@@H](NC(c1ccccc1)C1CC1)c1ccccc1Cl. The van der Waals surface area contributed by atoms with Gasteiger partial charge in [-0.25, -0.2) is 0 Å². The Hall–Kier alpha value is -1.31. The van der Waals surface area contributed by atoms with E-state index in [2.05, 4.69) is 48.6 Å². The second-order valence-corrected chi connectivity index (χ2v) is 6.04. The highest BCUT2D eigenvalue weighted by molar-refractivity contribution is 6.31. The van der Waals surface area contributed by atoms with E-state index in [4.69, 9.17) is 11.6 Å². The van der Waals surface area contributed by atoms with Gasteiger partial charge in [-0.05, 0) is 42.9 Å². The molecule has 0 heterocycles. The first-order chi connectivity index (χ1) is 9.75. The van der Waals surface area contributed by atoms with Crippen LogP contribution >= 0.6 is 11.6 Å². The molecule has 1 aliphatic rings. The van der Waals surface area contributed by atoms with Crippen LogP contribution in [0.2, 0.25) is 5.02 Å². The Balaban J connectivity index is 1.79. The molecule has 104 valence electrons. The summed E-state index contributed by atoms with van der Waals surface area (Å²) in [6, 6.07) is 19.5. The van der Waals surface area contributed by atoms with Crippen molar-refractivity contribution in [3.63, 3.8) is 0 Å². The molecule has 0 aromatic heterocycles. The van der Waals surface area contributed by atoms with Crippen LogP contribution in [0.3, 0.4) is 0 Å². The van der Waals surface area contributed by atoms with Gasteiger partial charge in [0.2, 0.25) is 0 Å². The molecule has 2 aromatic rings. The number of benzene rings is 2. The summed E-state index contributed by atoms with van der Waals surface area (Å²) in [5, 5.41) is 4.61. The molecule has 1 fully saturated rings. The highest BCUT2D eigenvalue weighted by Crippen LogP contribution is 2.42. The Morgan fingerprint density at radius 1 is 1.00 bits per heavy atom. The van der Waals surface area contributed by atoms with E-state index in [1.165, 1.54) is 24.0 Å². The van der Waals surface area contributed by atoms with E-state index in [0.717, 1.165) is 10.9 Å². The van der Waals surface area contributed by atoms with Crippen LogP contribution in [0.15, 0.2) is 54.6 Å². The monoisotopic (exact) mass is 285 g/mol. The van der Waals surface area contributed by atoms with Crippen LogP contribution in [-0.2, 0) is 0 Å². The molecule has 1 unspecified atom stereocenters. The van der Waals surface area contributed by atoms with Gasteiger partial charge >= 0.3 is 0 Å². The van der Waals surface area contributed by atoms with Crippen molar-refractivity contribution in [3.05, 3.63) is 70.7 Å². The van der Waals surface area contributed by atoms with Gasteiger partial charge in [-0.15, -0.1) is 0 Å². The van der Waals surface area contributed by atoms with Crippen molar-refractivity contribution >= 4 is 11.6 Å². The molecule has 2 aromatic carbocycles. The maximum atomic E-state index is 6.30. The second-order valence-electron chi connectivity index (χ2n) is 5.64. The van der Waals surface area contributed by atoms with Crippen molar-refractivity contribution in [2.24, 2.45) is 5.92 Å². The summed E-state index contributed by atoms with van der Waals surface area (Å²) >= 11 is 6.30. The van der Waals surface area contributed by atoms with Crippen LogP contribution in [0.25, 0.3) is 0 Å². The summed E-state index contributed by atoms with van der Waals surface area (Å²) in [5.41, 5.74) is 2.56. The van der Waals surface area contributed by atoms with Crippen molar-refractivity contribution in [1.82, 2.24) is 5.32 Å². The van der Waals surface area contributed by atoms with Crippen molar-refractivity contribution < 1.29 is 0 Å². The van der Waals surface area contributed by atoms with Crippen LogP contribution in [0.1, 0.15) is 43.0 Å². The van der Waals surface area contributed by atoms with Crippen LogP contribution in [0, 0.1) is 5.92 Å². The van der Waals surface area contributed by atoms with Crippen LogP contribution in [-0.4, -0.2) is 0 Å². The Kier molecular flexibility index (Phi) is 4.09. The van der Waals surface area contributed by atoms with Gasteiger partial charge in [0, 0.05) is 17.1 Å². The van der Waals surface area contributed by atoms with E-state index in [9.17, 15) is 0 Å². The molecule has 1 aliphatic carbocycles. The van der Waals surface area contributed by atoms with Gasteiger partial charge in [0.25, 0.3) is 0 Å². The molecule has 20 heavy (non-hydrogen) atoms. The molecule has 1 saturated carbocycles. The van der Waals surface area contributed by atoms with Crippen molar-refractivity contribution in [2.75, 3.05) is 0 Å². The standard InChI is InChI=1S/C18H20ClN/c1-13(16-9-5-6-10-17(16)19)20-18(15-11-12-15)14-7-3-2-4-8-14/h2-10,13,15,18,20H,11-12H2,1H3/t13-,18?/m1/s1. The van der Waals surface area contributed by atoms with Gasteiger partial charge in [0.05, 0.1) is 0 Å². The second kappa shape index (κ2) is 5.99. The van der Waals surface area contributed by atoms with E-state index >= 15 is 0 Å². The van der Waals surface area contributed by atoms with Crippen molar-refractivity contribution in [1.29, 1.82) is 0 Å². The lowest BCUT2D eigenvalue weighted by Gasteiger charge is -2.24. The van der Waals surface area contributed by atoms with Gasteiger partial charge in [0.15, 0.2) is 0 Å². The van der Waals surface area contributed by atoms with E-state index in [0.29, 0.717) is 6.04 Å². The quantitative estimate of drug-likeness (QED) is 0.802. The predicted octanol–water partition coefficient (Wildman–Crippen LogP) is 5.14. The minimum Gasteiger partial charge on any atom is -0.303 e. The minimum atomic E-state index is 0.259. The zero-order chi connectivity index (χ0) is 13.9. The van der Waals surface area contributed by atoms with Gasteiger partial charge < -0.3 is 5.32 Å². The third-order valence-electron chi connectivity index (χ3n) is 4.05. The number of halogens is 1. The predicted molar refractivity (Wildman–Crippen MR) is 84.9 cm³/mol. The van der Waals surface area contributed by atoms with E-state index in [1.54, 1.807) is 0 Å². The molecule has 0 saturated heterocycles. The molecule has 0 amide bonds. The first-order valence-electron chi connectivity index (χ1n) is 7.31. The van der Waals surface area contributed by atoms with Crippen molar-refractivity contribution in [2.45, 2.75) is 31.8 Å². The fourth-order valence-electron chi connectivity index (χ4n) is 2.78. The lowest BCUT2D eigenvalue weighted by atomic mass is 9.99. The Labute approximate surface area is 126 Å². The molecule has 2 atom stereocenters. The summed E-state index contributed by atoms with van der Waals surface area (Å²) in [7, 11) is 0. The summed E-state index contributed by atoms with van der Waals surface area (Å²) < 4.78 is 0. The first kappa shape index (κ1) is 13.7. The lowest BCUT2D eigenvalue weighted by Crippen LogP contribution is -2.26. The highest BCUT2D eigenvalue weighted by atomic mass is 35.5. The average Bonchev–Trinajstić information content (AvgIpc) is 3.30. The van der Waals surface area contributed by atoms with Crippen LogP contribution in [0.5, 0.6) is 0 Å². The maximum absolute atomic E-state index is 6.30. The fraction of sp³-hybridized carbons (Fsp3) is 0.333. The molecular formula is C18H20ClN. The third kappa shape index (κ3) is 3.05. The molecule has 2 heteroatoms. The fourth-order valence-corrected chi connectivity index (χ4v) is 3.08. The molecule has 0 spiro atoms. The molecule has 1 nitrogen and oxygen atoms in total. The number of hydrogen-bond donors (Lipinski definition) is 1. The summed E-state index contributed by atoms with van der Waals surface area (Å²) in [5.74, 6) is 0.766. The number of rotatable bonds is 5.